The molecule has 0 saturated carbocycles. The molecule has 2 N–H and O–H groups in total. The van der Waals surface area contributed by atoms with Crippen molar-refractivity contribution in [2.24, 2.45) is 0 Å². The van der Waals surface area contributed by atoms with Crippen LogP contribution in [-0.2, 0) is 11.2 Å². The van der Waals surface area contributed by atoms with E-state index < -0.39 is 0 Å². The van der Waals surface area contributed by atoms with Crippen molar-refractivity contribution in [3.63, 3.8) is 0 Å². The largest absolute Gasteiger partial charge is 0.458 e. The Morgan fingerprint density at radius 2 is 1.95 bits per heavy atom. The molecule has 3 rings (SSSR count). The van der Waals surface area contributed by atoms with E-state index in [0.29, 0.717) is 0 Å². The Hall–Kier alpha value is -2.07. The van der Waals surface area contributed by atoms with Crippen molar-refractivity contribution in [1.82, 2.24) is 4.90 Å². The number of quaternary nitrogens is 1. The minimum atomic E-state index is -0.0715. The Kier molecular flexibility index (Phi) is 3.32. The zero-order chi connectivity index (χ0) is 14.1. The Morgan fingerprint density at radius 3 is 2.60 bits per heavy atom. The molecule has 1 fully saturated rings. The monoisotopic (exact) mass is 271 g/mol. The lowest BCUT2D eigenvalue weighted by molar-refractivity contribution is -0.714. The number of aryl methyl sites for hydroxylation is 1. The van der Waals surface area contributed by atoms with Crippen LogP contribution in [0.15, 0.2) is 46.9 Å². The van der Waals surface area contributed by atoms with Gasteiger partial charge in [-0.15, -0.1) is 0 Å². The third-order valence-electron chi connectivity index (χ3n) is 3.85. The summed E-state index contributed by atoms with van der Waals surface area (Å²) in [6, 6.07) is 13.9. The summed E-state index contributed by atoms with van der Waals surface area (Å²) in [6.45, 7) is 1.92. The van der Waals surface area contributed by atoms with Crippen molar-refractivity contribution in [1.29, 1.82) is 0 Å². The van der Waals surface area contributed by atoms with Gasteiger partial charge in [0.1, 0.15) is 5.76 Å². The molecule has 1 aromatic heterocycles. The van der Waals surface area contributed by atoms with Gasteiger partial charge in [0, 0.05) is 13.5 Å². The molecule has 0 spiro atoms. The van der Waals surface area contributed by atoms with Gasteiger partial charge >= 0.3 is 0 Å². The third kappa shape index (κ3) is 2.34. The first kappa shape index (κ1) is 12.9. The van der Waals surface area contributed by atoms with Crippen LogP contribution in [0.2, 0.25) is 0 Å². The van der Waals surface area contributed by atoms with E-state index in [4.69, 9.17) is 4.42 Å². The van der Waals surface area contributed by atoms with Crippen LogP contribution in [0.25, 0.3) is 0 Å². The van der Waals surface area contributed by atoms with Gasteiger partial charge in [0.2, 0.25) is 6.17 Å². The maximum Gasteiger partial charge on any atom is 0.285 e. The number of hydrogen-bond donors (Lipinski definition) is 1. The molecule has 1 aliphatic rings. The van der Waals surface area contributed by atoms with Crippen molar-refractivity contribution in [3.05, 3.63) is 59.5 Å². The van der Waals surface area contributed by atoms with Crippen LogP contribution in [0.4, 0.5) is 0 Å². The quantitative estimate of drug-likeness (QED) is 0.913. The minimum absolute atomic E-state index is 0.0510. The number of furan rings is 1. The molecular weight excluding hydrogens is 252 g/mol. The highest BCUT2D eigenvalue weighted by Gasteiger charge is 2.43. The predicted octanol–water partition coefficient (Wildman–Crippen LogP) is 1.23. The molecule has 1 aliphatic heterocycles. The summed E-state index contributed by atoms with van der Waals surface area (Å²) in [5.41, 5.74) is 1.19. The van der Waals surface area contributed by atoms with Gasteiger partial charge in [-0.3, -0.25) is 9.69 Å². The first-order valence-corrected chi connectivity index (χ1v) is 6.87. The van der Waals surface area contributed by atoms with E-state index in [1.165, 1.54) is 5.56 Å². The number of nitrogens with two attached hydrogens (primary N) is 1. The number of benzene rings is 1. The molecule has 0 aliphatic carbocycles. The summed E-state index contributed by atoms with van der Waals surface area (Å²) < 4.78 is 5.66. The van der Waals surface area contributed by atoms with Gasteiger partial charge in [-0.25, -0.2) is 0 Å². The number of carbonyl (C=O) groups excluding carboxylic acids is 1. The van der Waals surface area contributed by atoms with Crippen LogP contribution < -0.4 is 5.32 Å². The van der Waals surface area contributed by atoms with Crippen molar-refractivity contribution >= 4 is 5.91 Å². The molecule has 2 heterocycles. The van der Waals surface area contributed by atoms with Gasteiger partial charge in [-0.2, -0.15) is 0 Å². The van der Waals surface area contributed by atoms with E-state index in [1.807, 2.05) is 44.3 Å². The fraction of sp³-hybridized carbons (Fsp3) is 0.312. The molecule has 4 nitrogen and oxygen atoms in total. The smallest absolute Gasteiger partial charge is 0.285 e. The Bertz CT molecular complexity index is 606. The average molecular weight is 271 g/mol. The van der Waals surface area contributed by atoms with E-state index in [-0.39, 0.29) is 18.1 Å². The molecule has 104 valence electrons. The molecule has 2 aromatic rings. The Labute approximate surface area is 118 Å². The molecule has 1 aromatic carbocycles. The standard InChI is InChI=1S/C16H18N2O2/c1-11-8-9-14(20-11)15-17-13(16(19)18(15)2)10-12-6-4-3-5-7-12/h3-9,13,15,17H,10H2,1-2H3/p+1/t13-,15-/m0/s1. The second-order valence-electron chi connectivity index (χ2n) is 5.33. The van der Waals surface area contributed by atoms with Gasteiger partial charge in [0.05, 0.1) is 0 Å². The SMILES string of the molecule is Cc1ccc([C@H]2[NH2+][C@@H](Cc3ccccc3)C(=O)N2C)o1. The van der Waals surface area contributed by atoms with E-state index in [0.717, 1.165) is 17.9 Å². The fourth-order valence-electron chi connectivity index (χ4n) is 2.75. The van der Waals surface area contributed by atoms with E-state index in [9.17, 15) is 4.79 Å². The van der Waals surface area contributed by atoms with Crippen molar-refractivity contribution in [3.8, 4) is 0 Å². The second kappa shape index (κ2) is 5.13. The van der Waals surface area contributed by atoms with E-state index >= 15 is 0 Å². The molecule has 0 bridgehead atoms. The highest BCUT2D eigenvalue weighted by atomic mass is 16.3. The number of amides is 1. The molecule has 1 amide bonds. The Morgan fingerprint density at radius 1 is 1.20 bits per heavy atom. The Balaban J connectivity index is 1.77. The highest BCUT2D eigenvalue weighted by Crippen LogP contribution is 2.20. The predicted molar refractivity (Wildman–Crippen MR) is 74.8 cm³/mol. The summed E-state index contributed by atoms with van der Waals surface area (Å²) in [7, 11) is 1.84. The van der Waals surface area contributed by atoms with Crippen molar-refractivity contribution < 1.29 is 14.5 Å². The van der Waals surface area contributed by atoms with Crippen molar-refractivity contribution in [2.45, 2.75) is 25.6 Å². The molecule has 4 heteroatoms. The van der Waals surface area contributed by atoms with Crippen LogP contribution in [0, 0.1) is 6.92 Å². The first-order valence-electron chi connectivity index (χ1n) is 6.87. The maximum absolute atomic E-state index is 12.4. The molecule has 1 saturated heterocycles. The van der Waals surface area contributed by atoms with Crippen LogP contribution >= 0.6 is 0 Å². The van der Waals surface area contributed by atoms with Gasteiger partial charge < -0.3 is 9.73 Å². The average Bonchev–Trinajstić information content (AvgIpc) is 2.99. The number of nitrogens with zero attached hydrogens (tertiary/aromatic N) is 1. The zero-order valence-corrected chi connectivity index (χ0v) is 11.7. The van der Waals surface area contributed by atoms with Crippen molar-refractivity contribution in [2.75, 3.05) is 7.05 Å². The summed E-state index contributed by atoms with van der Waals surface area (Å²) in [5.74, 6) is 1.88. The minimum Gasteiger partial charge on any atom is -0.458 e. The van der Waals surface area contributed by atoms with Gasteiger partial charge in [0.25, 0.3) is 5.91 Å². The van der Waals surface area contributed by atoms with Crippen LogP contribution in [0.1, 0.15) is 23.2 Å². The second-order valence-corrected chi connectivity index (χ2v) is 5.33. The summed E-state index contributed by atoms with van der Waals surface area (Å²) in [4.78, 5) is 14.1. The lowest BCUT2D eigenvalue weighted by atomic mass is 10.1. The highest BCUT2D eigenvalue weighted by molar-refractivity contribution is 5.82. The first-order chi connectivity index (χ1) is 9.65. The van der Waals surface area contributed by atoms with E-state index in [2.05, 4.69) is 17.4 Å². The summed E-state index contributed by atoms with van der Waals surface area (Å²) >= 11 is 0. The lowest BCUT2D eigenvalue weighted by Crippen LogP contribution is -2.89. The third-order valence-corrected chi connectivity index (χ3v) is 3.85. The number of hydrogen-bond acceptors (Lipinski definition) is 2. The number of likely N-dealkylation sites (N-methyl/N-ethyl adjacent to an activating group) is 1. The summed E-state index contributed by atoms with van der Waals surface area (Å²) in [5, 5.41) is 2.09. The van der Waals surface area contributed by atoms with Gasteiger partial charge in [0.15, 0.2) is 11.8 Å². The normalized spacial score (nSPS) is 22.5. The molecule has 2 atom stereocenters. The number of rotatable bonds is 3. The molecule has 20 heavy (non-hydrogen) atoms. The fourth-order valence-corrected chi connectivity index (χ4v) is 2.75. The summed E-state index contributed by atoms with van der Waals surface area (Å²) in [6.07, 6.45) is 0.699. The molecule has 0 unspecified atom stereocenters. The topological polar surface area (TPSA) is 50.1 Å². The van der Waals surface area contributed by atoms with Gasteiger partial charge in [-0.1, -0.05) is 30.3 Å². The lowest BCUT2D eigenvalue weighted by Gasteiger charge is -2.12. The molecule has 0 radical (unpaired) electrons. The van der Waals surface area contributed by atoms with Gasteiger partial charge in [-0.05, 0) is 24.6 Å². The molecular formula is C16H19N2O2+. The van der Waals surface area contributed by atoms with Crippen LogP contribution in [-0.4, -0.2) is 23.9 Å². The van der Waals surface area contributed by atoms with E-state index in [1.54, 1.807) is 4.90 Å². The van der Waals surface area contributed by atoms with Crippen LogP contribution in [0.3, 0.4) is 0 Å². The van der Waals surface area contributed by atoms with Crippen LogP contribution in [0.5, 0.6) is 0 Å². The number of carbonyl (C=O) groups is 1. The zero-order valence-electron chi connectivity index (χ0n) is 11.7. The maximum atomic E-state index is 12.4.